The quantitative estimate of drug-likeness (QED) is 0.811. The van der Waals surface area contributed by atoms with E-state index in [1.165, 1.54) is 4.90 Å². The molecule has 0 bridgehead atoms. The second-order valence-corrected chi connectivity index (χ2v) is 8.24. The fraction of sp³-hybridized carbons (Fsp3) is 0.529. The smallest absolute Gasteiger partial charge is 0.322 e. The molecule has 3 amide bonds. The Morgan fingerprint density at radius 1 is 1.25 bits per heavy atom. The first-order valence-corrected chi connectivity index (χ1v) is 9.56. The number of imide groups is 1. The van der Waals surface area contributed by atoms with E-state index < -0.39 is 16.3 Å². The van der Waals surface area contributed by atoms with E-state index in [1.54, 1.807) is 0 Å². The highest BCUT2D eigenvalue weighted by molar-refractivity contribution is 7.85. The predicted molar refractivity (Wildman–Crippen MR) is 92.0 cm³/mol. The monoisotopic (exact) mass is 349 g/mol. The summed E-state index contributed by atoms with van der Waals surface area (Å²) in [4.78, 5) is 29.0. The van der Waals surface area contributed by atoms with Crippen LogP contribution in [0.2, 0.25) is 0 Å². The van der Waals surface area contributed by atoms with E-state index in [9.17, 15) is 13.8 Å². The van der Waals surface area contributed by atoms with E-state index in [4.69, 9.17) is 0 Å². The third kappa shape index (κ3) is 3.10. The van der Waals surface area contributed by atoms with Gasteiger partial charge in [0.1, 0.15) is 5.54 Å². The number of urea groups is 1. The fourth-order valence-electron chi connectivity index (χ4n) is 3.37. The molecule has 2 heterocycles. The van der Waals surface area contributed by atoms with Crippen molar-refractivity contribution in [3.05, 3.63) is 30.3 Å². The van der Waals surface area contributed by atoms with Crippen LogP contribution < -0.4 is 5.32 Å². The minimum atomic E-state index is -1.05. The van der Waals surface area contributed by atoms with Crippen molar-refractivity contribution in [2.24, 2.45) is 0 Å². The lowest BCUT2D eigenvalue weighted by molar-refractivity contribution is -0.132. The first kappa shape index (κ1) is 17.1. The van der Waals surface area contributed by atoms with E-state index in [1.807, 2.05) is 44.2 Å². The van der Waals surface area contributed by atoms with Crippen LogP contribution in [0.15, 0.2) is 35.2 Å². The number of benzene rings is 1. The molecule has 6 nitrogen and oxygen atoms in total. The van der Waals surface area contributed by atoms with E-state index in [2.05, 4.69) is 10.2 Å². The van der Waals surface area contributed by atoms with Gasteiger partial charge in [-0.3, -0.25) is 18.8 Å². The molecule has 2 saturated heterocycles. The highest BCUT2D eigenvalue weighted by atomic mass is 32.2. The summed E-state index contributed by atoms with van der Waals surface area (Å²) < 4.78 is 12.3. The molecule has 2 aliphatic rings. The van der Waals surface area contributed by atoms with Gasteiger partial charge >= 0.3 is 6.03 Å². The molecule has 3 rings (SSSR count). The van der Waals surface area contributed by atoms with Gasteiger partial charge in [-0.15, -0.1) is 0 Å². The van der Waals surface area contributed by atoms with Gasteiger partial charge < -0.3 is 5.32 Å². The zero-order chi connectivity index (χ0) is 17.3. The molecule has 1 aromatic rings. The van der Waals surface area contributed by atoms with Crippen molar-refractivity contribution >= 4 is 22.7 Å². The Morgan fingerprint density at radius 2 is 1.96 bits per heavy atom. The highest BCUT2D eigenvalue weighted by Crippen LogP contribution is 2.29. The second-order valence-electron chi connectivity index (χ2n) is 6.67. The van der Waals surface area contributed by atoms with Gasteiger partial charge in [0, 0.05) is 36.3 Å². The Kier molecular flexibility index (Phi) is 4.73. The van der Waals surface area contributed by atoms with Crippen LogP contribution in [-0.2, 0) is 15.6 Å². The summed E-state index contributed by atoms with van der Waals surface area (Å²) in [6.07, 6.45) is 0.610. The van der Waals surface area contributed by atoms with Crippen LogP contribution >= 0.6 is 0 Å². The van der Waals surface area contributed by atoms with Gasteiger partial charge in [-0.1, -0.05) is 18.2 Å². The summed E-state index contributed by atoms with van der Waals surface area (Å²) in [5, 5.41) is 2.88. The molecule has 7 heteroatoms. The Bertz CT molecular complexity index is 664. The number of nitrogens with one attached hydrogen (secondary N) is 1. The van der Waals surface area contributed by atoms with Crippen LogP contribution in [0.3, 0.4) is 0 Å². The maximum atomic E-state index is 12.6. The molecule has 1 aromatic carbocycles. The van der Waals surface area contributed by atoms with E-state index in [0.29, 0.717) is 25.3 Å². The number of hydrogen-bond donors (Lipinski definition) is 1. The largest absolute Gasteiger partial charge is 0.325 e. The van der Waals surface area contributed by atoms with Gasteiger partial charge in [0.05, 0.1) is 10.8 Å². The third-order valence-electron chi connectivity index (χ3n) is 4.66. The molecule has 24 heavy (non-hydrogen) atoms. The lowest BCUT2D eigenvalue weighted by Crippen LogP contribution is -2.49. The summed E-state index contributed by atoms with van der Waals surface area (Å²) in [5.74, 6) is 0.394. The van der Waals surface area contributed by atoms with Crippen molar-refractivity contribution < 1.29 is 13.8 Å². The van der Waals surface area contributed by atoms with Crippen LogP contribution in [0.1, 0.15) is 20.3 Å². The minimum absolute atomic E-state index is 0.130. The maximum absolute atomic E-state index is 12.6. The molecule has 1 spiro atoms. The van der Waals surface area contributed by atoms with Gasteiger partial charge in [-0.05, 0) is 32.4 Å². The van der Waals surface area contributed by atoms with Crippen LogP contribution in [0.4, 0.5) is 4.79 Å². The van der Waals surface area contributed by atoms with Gasteiger partial charge in [-0.25, -0.2) is 4.79 Å². The number of rotatable bonds is 5. The Balaban J connectivity index is 1.59. The lowest BCUT2D eigenvalue weighted by Gasteiger charge is -2.23. The number of nitrogens with zero attached hydrogens (tertiary/aromatic N) is 2. The van der Waals surface area contributed by atoms with Crippen molar-refractivity contribution in [2.45, 2.75) is 36.7 Å². The molecular formula is C17H23N3O3S. The Morgan fingerprint density at radius 3 is 2.58 bits per heavy atom. The SMILES string of the molecule is CC(C)N1C(=O)N[C@]2(CCN(CC[S@@](=O)c3ccccc3)C2)C1=O. The average Bonchev–Trinajstić information content (AvgIpc) is 3.07. The van der Waals surface area contributed by atoms with E-state index in [0.717, 1.165) is 11.4 Å². The number of hydrogen-bond acceptors (Lipinski definition) is 4. The molecule has 2 atom stereocenters. The highest BCUT2D eigenvalue weighted by Gasteiger charge is 2.55. The molecule has 0 unspecified atom stereocenters. The average molecular weight is 349 g/mol. The zero-order valence-electron chi connectivity index (χ0n) is 14.0. The Labute approximate surface area is 144 Å². The minimum Gasteiger partial charge on any atom is -0.322 e. The molecule has 0 aliphatic carbocycles. The van der Waals surface area contributed by atoms with E-state index in [-0.39, 0.29) is 18.0 Å². The number of likely N-dealkylation sites (tertiary alicyclic amines) is 1. The second kappa shape index (κ2) is 6.64. The first-order chi connectivity index (χ1) is 11.4. The van der Waals surface area contributed by atoms with Gasteiger partial charge in [0.2, 0.25) is 0 Å². The summed E-state index contributed by atoms with van der Waals surface area (Å²) in [7, 11) is -1.05. The van der Waals surface area contributed by atoms with Gasteiger partial charge in [0.15, 0.2) is 0 Å². The number of amides is 3. The van der Waals surface area contributed by atoms with Crippen LogP contribution in [0.25, 0.3) is 0 Å². The van der Waals surface area contributed by atoms with Crippen LogP contribution in [0, 0.1) is 0 Å². The number of carbonyl (C=O) groups excluding carboxylic acids is 2. The summed E-state index contributed by atoms with van der Waals surface area (Å²) in [6.45, 7) is 5.54. The molecule has 0 saturated carbocycles. The summed E-state index contributed by atoms with van der Waals surface area (Å²) in [5.41, 5.74) is -0.796. The predicted octanol–water partition coefficient (Wildman–Crippen LogP) is 1.20. The lowest BCUT2D eigenvalue weighted by atomic mass is 9.99. The summed E-state index contributed by atoms with van der Waals surface area (Å²) >= 11 is 0. The third-order valence-corrected chi connectivity index (χ3v) is 6.01. The van der Waals surface area contributed by atoms with Crippen molar-refractivity contribution in [3.8, 4) is 0 Å². The standard InChI is InChI=1S/C17H23N3O3S/c1-13(2)20-15(21)17(18-16(20)22)8-9-19(12-17)10-11-24(23)14-6-4-3-5-7-14/h3-7,13H,8-12H2,1-2H3,(H,18,22)/t17-,24+/m0/s1. The fourth-order valence-corrected chi connectivity index (χ4v) is 4.49. The van der Waals surface area contributed by atoms with Crippen molar-refractivity contribution in [2.75, 3.05) is 25.4 Å². The van der Waals surface area contributed by atoms with Crippen LogP contribution in [0.5, 0.6) is 0 Å². The topological polar surface area (TPSA) is 69.7 Å². The zero-order valence-corrected chi connectivity index (χ0v) is 14.8. The molecule has 0 aromatic heterocycles. The molecule has 2 fully saturated rings. The number of carbonyl (C=O) groups is 2. The molecule has 1 N–H and O–H groups in total. The Hall–Kier alpha value is -1.73. The molecular weight excluding hydrogens is 326 g/mol. The van der Waals surface area contributed by atoms with E-state index >= 15 is 0 Å². The van der Waals surface area contributed by atoms with Crippen molar-refractivity contribution in [1.82, 2.24) is 15.1 Å². The normalized spacial score (nSPS) is 25.7. The molecule has 130 valence electrons. The van der Waals surface area contributed by atoms with Gasteiger partial charge in [0.25, 0.3) is 5.91 Å². The molecule has 0 radical (unpaired) electrons. The van der Waals surface area contributed by atoms with Crippen LogP contribution in [-0.4, -0.2) is 62.9 Å². The maximum Gasteiger partial charge on any atom is 0.325 e. The summed E-state index contributed by atoms with van der Waals surface area (Å²) in [6, 6.07) is 8.95. The first-order valence-electron chi connectivity index (χ1n) is 8.24. The molecule has 2 aliphatic heterocycles. The van der Waals surface area contributed by atoms with Crippen molar-refractivity contribution in [3.63, 3.8) is 0 Å². The van der Waals surface area contributed by atoms with Gasteiger partial charge in [-0.2, -0.15) is 0 Å². The van der Waals surface area contributed by atoms with Crippen molar-refractivity contribution in [1.29, 1.82) is 0 Å².